The lowest BCUT2D eigenvalue weighted by atomic mass is 10.1. The number of hydrogen-bond donors (Lipinski definition) is 0. The Hall–Kier alpha value is -2.74. The summed E-state index contributed by atoms with van der Waals surface area (Å²) in [5.41, 5.74) is 3.93. The Kier molecular flexibility index (Phi) is 3.84. The second kappa shape index (κ2) is 5.94. The first kappa shape index (κ1) is 14.2. The summed E-state index contributed by atoms with van der Waals surface area (Å²) in [6, 6.07) is 16.5. The number of allylic oxidation sites excluding steroid dienone is 1. The molecule has 1 heterocycles. The number of hydrogen-bond acceptors (Lipinski definition) is 2. The van der Waals surface area contributed by atoms with Gasteiger partial charge in [0.25, 0.3) is 0 Å². The zero-order valence-corrected chi connectivity index (χ0v) is 12.9. The fourth-order valence-electron chi connectivity index (χ4n) is 2.73. The molecule has 0 radical (unpaired) electrons. The van der Waals surface area contributed by atoms with Crippen LogP contribution in [0.2, 0.25) is 0 Å². The topological polar surface area (TPSA) is 16.4 Å². The molecule has 0 fully saturated rings. The van der Waals surface area contributed by atoms with Gasteiger partial charge in [-0.1, -0.05) is 49.1 Å². The van der Waals surface area contributed by atoms with Crippen LogP contribution in [-0.4, -0.2) is 7.05 Å². The van der Waals surface area contributed by atoms with Crippen molar-refractivity contribution in [2.45, 2.75) is 6.92 Å². The summed E-state index contributed by atoms with van der Waals surface area (Å²) in [5.74, 6) is 0. The van der Waals surface area contributed by atoms with E-state index in [1.54, 1.807) is 6.08 Å². The van der Waals surface area contributed by atoms with Crippen LogP contribution in [0.3, 0.4) is 0 Å². The number of rotatable bonds is 3. The third-order valence-corrected chi connectivity index (χ3v) is 3.82. The van der Waals surface area contributed by atoms with E-state index in [-0.39, 0.29) is 0 Å². The van der Waals surface area contributed by atoms with E-state index in [1.165, 1.54) is 0 Å². The van der Waals surface area contributed by atoms with E-state index < -0.39 is 0 Å². The van der Waals surface area contributed by atoms with Gasteiger partial charge in [0.15, 0.2) is 5.58 Å². The molecule has 22 heavy (non-hydrogen) atoms. The van der Waals surface area contributed by atoms with Crippen molar-refractivity contribution in [3.63, 3.8) is 0 Å². The number of furan rings is 1. The predicted molar refractivity (Wildman–Crippen MR) is 94.8 cm³/mol. The molecule has 2 heteroatoms. The van der Waals surface area contributed by atoms with Crippen LogP contribution in [0.15, 0.2) is 65.6 Å². The van der Waals surface area contributed by atoms with Crippen LogP contribution in [0, 0.1) is 0 Å². The number of benzene rings is 2. The lowest BCUT2D eigenvalue weighted by Gasteiger charge is -2.19. The van der Waals surface area contributed by atoms with Crippen molar-refractivity contribution in [3.05, 3.63) is 71.8 Å². The molecule has 0 saturated heterocycles. The first-order chi connectivity index (χ1) is 10.8. The number of nitrogens with zero attached hydrogens (tertiary/aromatic N) is 1. The Labute approximate surface area is 130 Å². The lowest BCUT2D eigenvalue weighted by molar-refractivity contribution is 0.576. The second-order valence-electron chi connectivity index (χ2n) is 5.12. The van der Waals surface area contributed by atoms with Gasteiger partial charge in [-0.3, -0.25) is 0 Å². The maximum atomic E-state index is 6.10. The summed E-state index contributed by atoms with van der Waals surface area (Å²) in [4.78, 5) is 2.14. The Morgan fingerprint density at radius 2 is 1.82 bits per heavy atom. The fourth-order valence-corrected chi connectivity index (χ4v) is 2.73. The van der Waals surface area contributed by atoms with E-state index in [0.29, 0.717) is 0 Å². The maximum absolute atomic E-state index is 6.10. The number of fused-ring (bicyclic) bond motifs is 1. The molecule has 3 aromatic rings. The standard InChI is InChI=1S/C20H19NO/c1-4-10-19-16(5-2)17-13-9-14-18(20(17)22-19)21(3)15-11-7-6-8-12-15/h4-14H,1H2,2-3H3/b16-5-,19-10+. The van der Waals surface area contributed by atoms with Crippen LogP contribution in [0.5, 0.6) is 0 Å². The Morgan fingerprint density at radius 1 is 1.05 bits per heavy atom. The minimum Gasteiger partial charge on any atom is -0.454 e. The summed E-state index contributed by atoms with van der Waals surface area (Å²) in [6.45, 7) is 5.79. The summed E-state index contributed by atoms with van der Waals surface area (Å²) < 4.78 is 6.10. The van der Waals surface area contributed by atoms with Crippen LogP contribution in [-0.2, 0) is 0 Å². The maximum Gasteiger partial charge on any atom is 0.159 e. The van der Waals surface area contributed by atoms with Gasteiger partial charge in [-0.25, -0.2) is 0 Å². The molecule has 0 aliphatic heterocycles. The highest BCUT2D eigenvalue weighted by atomic mass is 16.3. The van der Waals surface area contributed by atoms with Crippen molar-refractivity contribution in [2.24, 2.45) is 0 Å². The van der Waals surface area contributed by atoms with Gasteiger partial charge in [0.05, 0.1) is 5.69 Å². The Morgan fingerprint density at radius 3 is 2.50 bits per heavy atom. The molecular weight excluding hydrogens is 270 g/mol. The summed E-state index contributed by atoms with van der Waals surface area (Å²) in [7, 11) is 2.05. The zero-order valence-electron chi connectivity index (χ0n) is 12.9. The number of anilines is 2. The van der Waals surface area contributed by atoms with Gasteiger partial charge in [-0.15, -0.1) is 0 Å². The molecule has 0 aliphatic rings. The first-order valence-corrected chi connectivity index (χ1v) is 7.35. The molecule has 0 bridgehead atoms. The summed E-state index contributed by atoms with van der Waals surface area (Å²) in [6.07, 6.45) is 5.74. The molecule has 0 saturated carbocycles. The van der Waals surface area contributed by atoms with Gasteiger partial charge >= 0.3 is 0 Å². The molecule has 0 N–H and O–H groups in total. The van der Waals surface area contributed by atoms with Crippen molar-refractivity contribution in [3.8, 4) is 0 Å². The van der Waals surface area contributed by atoms with Crippen molar-refractivity contribution in [1.29, 1.82) is 0 Å². The molecular formula is C20H19NO. The number of para-hydroxylation sites is 2. The van der Waals surface area contributed by atoms with E-state index in [1.807, 2.05) is 31.2 Å². The van der Waals surface area contributed by atoms with Crippen molar-refractivity contribution < 1.29 is 4.42 Å². The Bertz CT molecular complexity index is 919. The summed E-state index contributed by atoms with van der Waals surface area (Å²) >= 11 is 0. The largest absolute Gasteiger partial charge is 0.454 e. The van der Waals surface area contributed by atoms with E-state index >= 15 is 0 Å². The predicted octanol–water partition coefficient (Wildman–Crippen LogP) is 3.97. The molecule has 0 spiro atoms. The normalized spacial score (nSPS) is 12.8. The van der Waals surface area contributed by atoms with Crippen LogP contribution in [0.1, 0.15) is 6.92 Å². The van der Waals surface area contributed by atoms with E-state index in [9.17, 15) is 0 Å². The molecule has 0 atom stereocenters. The van der Waals surface area contributed by atoms with E-state index in [2.05, 4.69) is 54.9 Å². The smallest absolute Gasteiger partial charge is 0.159 e. The van der Waals surface area contributed by atoms with E-state index in [4.69, 9.17) is 4.42 Å². The van der Waals surface area contributed by atoms with Crippen molar-refractivity contribution in [2.75, 3.05) is 11.9 Å². The van der Waals surface area contributed by atoms with Gasteiger partial charge < -0.3 is 9.32 Å². The first-order valence-electron chi connectivity index (χ1n) is 7.35. The van der Waals surface area contributed by atoms with Gasteiger partial charge in [0, 0.05) is 23.3 Å². The van der Waals surface area contributed by atoms with Crippen LogP contribution >= 0.6 is 0 Å². The highest BCUT2D eigenvalue weighted by molar-refractivity contribution is 5.92. The van der Waals surface area contributed by atoms with E-state index in [0.717, 1.165) is 33.0 Å². The zero-order chi connectivity index (χ0) is 15.5. The molecule has 1 aromatic heterocycles. The van der Waals surface area contributed by atoms with Crippen LogP contribution < -0.4 is 15.5 Å². The average Bonchev–Trinajstić information content (AvgIpc) is 2.92. The van der Waals surface area contributed by atoms with Gasteiger partial charge in [-0.2, -0.15) is 0 Å². The average molecular weight is 289 g/mol. The lowest BCUT2D eigenvalue weighted by Crippen LogP contribution is -2.18. The second-order valence-corrected chi connectivity index (χ2v) is 5.12. The minimum absolute atomic E-state index is 0.849. The van der Waals surface area contributed by atoms with Crippen molar-refractivity contribution in [1.82, 2.24) is 0 Å². The van der Waals surface area contributed by atoms with Crippen molar-refractivity contribution >= 4 is 34.5 Å². The van der Waals surface area contributed by atoms with Crippen LogP contribution in [0.4, 0.5) is 11.4 Å². The SMILES string of the molecule is C=C/C=c1/oc2c(N(C)c3ccccc3)cccc2/c1=C/C. The molecule has 2 nitrogen and oxygen atoms in total. The minimum atomic E-state index is 0.849. The highest BCUT2D eigenvalue weighted by Gasteiger charge is 2.12. The van der Waals surface area contributed by atoms with Crippen LogP contribution in [0.25, 0.3) is 23.1 Å². The molecule has 0 unspecified atom stereocenters. The molecule has 0 amide bonds. The van der Waals surface area contributed by atoms with Gasteiger partial charge in [0.1, 0.15) is 5.42 Å². The third-order valence-electron chi connectivity index (χ3n) is 3.82. The fraction of sp³-hybridized carbons (Fsp3) is 0.100. The quantitative estimate of drug-likeness (QED) is 0.725. The molecule has 2 aromatic carbocycles. The molecule has 0 aliphatic carbocycles. The molecule has 3 rings (SSSR count). The monoisotopic (exact) mass is 289 g/mol. The van der Waals surface area contributed by atoms with Gasteiger partial charge in [0.2, 0.25) is 0 Å². The summed E-state index contributed by atoms with van der Waals surface area (Å²) in [5, 5.41) is 2.23. The Balaban J connectivity index is 2.28. The molecule has 110 valence electrons. The van der Waals surface area contributed by atoms with Gasteiger partial charge in [-0.05, 0) is 31.2 Å². The third kappa shape index (κ3) is 2.33. The highest BCUT2D eigenvalue weighted by Crippen LogP contribution is 2.29.